The molecular formula is C13H15NO2. The van der Waals surface area contributed by atoms with Crippen LogP contribution in [-0.4, -0.2) is 35.1 Å². The van der Waals surface area contributed by atoms with E-state index >= 15 is 0 Å². The molecule has 4 rings (SSSR count). The molecule has 2 fully saturated rings. The summed E-state index contributed by atoms with van der Waals surface area (Å²) < 4.78 is 5.69. The molecule has 3 atom stereocenters. The Bertz CT molecular complexity index is 426. The molecule has 0 aromatic carbocycles. The van der Waals surface area contributed by atoms with Gasteiger partial charge in [0.15, 0.2) is 5.60 Å². The molecule has 2 saturated heterocycles. The lowest BCUT2D eigenvalue weighted by Crippen LogP contribution is -2.48. The number of carbonyl (C=O) groups excluding carboxylic acids is 1. The van der Waals surface area contributed by atoms with Crippen molar-refractivity contribution in [2.45, 2.75) is 43.4 Å². The highest BCUT2D eigenvalue weighted by Crippen LogP contribution is 2.51. The highest BCUT2D eigenvalue weighted by atomic mass is 16.6. The van der Waals surface area contributed by atoms with E-state index in [9.17, 15) is 4.79 Å². The second-order valence-electron chi connectivity index (χ2n) is 5.29. The molecule has 3 heteroatoms. The zero-order valence-corrected chi connectivity index (χ0v) is 9.19. The zero-order chi connectivity index (χ0) is 10.8. The van der Waals surface area contributed by atoms with Gasteiger partial charge in [-0.05, 0) is 19.4 Å². The number of piperidine rings is 1. The predicted octanol–water partition coefficient (Wildman–Crippen LogP) is 1.41. The third-order valence-corrected chi connectivity index (χ3v) is 4.56. The molecule has 16 heavy (non-hydrogen) atoms. The number of hydrogen-bond acceptors (Lipinski definition) is 3. The van der Waals surface area contributed by atoms with Crippen LogP contribution in [0.4, 0.5) is 0 Å². The van der Waals surface area contributed by atoms with Gasteiger partial charge in [-0.15, -0.1) is 0 Å². The normalized spacial score (nSPS) is 45.0. The molecule has 84 valence electrons. The summed E-state index contributed by atoms with van der Waals surface area (Å²) in [6.07, 6.45) is 10.7. The first-order valence-electron chi connectivity index (χ1n) is 6.19. The van der Waals surface area contributed by atoms with E-state index in [1.165, 1.54) is 19.3 Å². The SMILES string of the molecule is O=C1C=C2C=C[C@@H]3C[C@@]2(O1)[C@@H]1CCCCN31. The van der Waals surface area contributed by atoms with Crippen LogP contribution in [0.2, 0.25) is 0 Å². The van der Waals surface area contributed by atoms with Crippen LogP contribution in [0.5, 0.6) is 0 Å². The Kier molecular flexibility index (Phi) is 1.56. The summed E-state index contributed by atoms with van der Waals surface area (Å²) in [5.74, 6) is -0.146. The van der Waals surface area contributed by atoms with Crippen LogP contribution in [0.25, 0.3) is 0 Å². The maximum atomic E-state index is 11.5. The van der Waals surface area contributed by atoms with Gasteiger partial charge in [-0.2, -0.15) is 0 Å². The average Bonchev–Trinajstić information content (AvgIpc) is 2.76. The molecule has 0 saturated carbocycles. The number of hydrogen-bond donors (Lipinski definition) is 0. The highest BCUT2D eigenvalue weighted by molar-refractivity contribution is 5.88. The first-order chi connectivity index (χ1) is 7.79. The maximum absolute atomic E-state index is 11.5. The molecule has 3 heterocycles. The fourth-order valence-corrected chi connectivity index (χ4v) is 3.94. The summed E-state index contributed by atoms with van der Waals surface area (Å²) in [5.41, 5.74) is 0.833. The molecule has 0 unspecified atom stereocenters. The Morgan fingerprint density at radius 2 is 2.38 bits per heavy atom. The molecule has 1 aliphatic carbocycles. The number of carbonyl (C=O) groups is 1. The van der Waals surface area contributed by atoms with E-state index in [2.05, 4.69) is 17.1 Å². The maximum Gasteiger partial charge on any atom is 0.332 e. The summed E-state index contributed by atoms with van der Waals surface area (Å²) in [6, 6.07) is 0.923. The fraction of sp³-hybridized carbons (Fsp3) is 0.615. The van der Waals surface area contributed by atoms with Crippen molar-refractivity contribution in [3.63, 3.8) is 0 Å². The minimum atomic E-state index is -0.281. The van der Waals surface area contributed by atoms with Crippen molar-refractivity contribution in [3.05, 3.63) is 23.8 Å². The molecule has 0 amide bonds. The van der Waals surface area contributed by atoms with Crippen LogP contribution in [-0.2, 0) is 9.53 Å². The molecule has 0 aromatic rings. The van der Waals surface area contributed by atoms with Gasteiger partial charge in [-0.3, -0.25) is 4.90 Å². The van der Waals surface area contributed by atoms with Crippen molar-refractivity contribution in [1.29, 1.82) is 0 Å². The topological polar surface area (TPSA) is 29.5 Å². The third kappa shape index (κ3) is 0.908. The Morgan fingerprint density at radius 3 is 3.31 bits per heavy atom. The monoisotopic (exact) mass is 217 g/mol. The van der Waals surface area contributed by atoms with Gasteiger partial charge >= 0.3 is 5.97 Å². The van der Waals surface area contributed by atoms with Crippen molar-refractivity contribution < 1.29 is 9.53 Å². The number of ether oxygens (including phenoxy) is 1. The fourth-order valence-electron chi connectivity index (χ4n) is 3.94. The minimum absolute atomic E-state index is 0.146. The number of nitrogens with zero attached hydrogens (tertiary/aromatic N) is 1. The molecular weight excluding hydrogens is 202 g/mol. The molecule has 0 N–H and O–H groups in total. The second kappa shape index (κ2) is 2.77. The van der Waals surface area contributed by atoms with E-state index in [1.807, 2.05) is 0 Å². The lowest BCUT2D eigenvalue weighted by atomic mass is 9.80. The second-order valence-corrected chi connectivity index (χ2v) is 5.29. The van der Waals surface area contributed by atoms with Gasteiger partial charge < -0.3 is 4.74 Å². The molecule has 3 aliphatic heterocycles. The van der Waals surface area contributed by atoms with Crippen LogP contribution < -0.4 is 0 Å². The summed E-state index contributed by atoms with van der Waals surface area (Å²) >= 11 is 0. The number of rotatable bonds is 0. The molecule has 4 aliphatic rings. The van der Waals surface area contributed by atoms with E-state index in [4.69, 9.17) is 4.74 Å². The highest BCUT2D eigenvalue weighted by Gasteiger charge is 2.59. The minimum Gasteiger partial charge on any atom is -0.449 e. The summed E-state index contributed by atoms with van der Waals surface area (Å²) in [5, 5.41) is 0. The number of fused-ring (bicyclic) bond motifs is 3. The van der Waals surface area contributed by atoms with Crippen molar-refractivity contribution >= 4 is 5.97 Å². The van der Waals surface area contributed by atoms with Crippen molar-refractivity contribution in [1.82, 2.24) is 4.90 Å². The van der Waals surface area contributed by atoms with Crippen molar-refractivity contribution in [2.75, 3.05) is 6.54 Å². The van der Waals surface area contributed by atoms with Gasteiger partial charge in [0.05, 0.1) is 6.04 Å². The van der Waals surface area contributed by atoms with Crippen molar-refractivity contribution in [2.24, 2.45) is 0 Å². The van der Waals surface area contributed by atoms with E-state index in [0.29, 0.717) is 12.1 Å². The van der Waals surface area contributed by atoms with E-state index in [1.54, 1.807) is 6.08 Å². The zero-order valence-electron chi connectivity index (χ0n) is 9.19. The lowest BCUT2D eigenvalue weighted by molar-refractivity contribution is -0.148. The van der Waals surface area contributed by atoms with Gasteiger partial charge in [0.1, 0.15) is 0 Å². The molecule has 0 aromatic heterocycles. The number of esters is 1. The van der Waals surface area contributed by atoms with Gasteiger partial charge in [0, 0.05) is 24.1 Å². The Hall–Kier alpha value is -1.09. The smallest absolute Gasteiger partial charge is 0.332 e. The quantitative estimate of drug-likeness (QED) is 0.574. The summed E-state index contributed by atoms with van der Waals surface area (Å²) in [4.78, 5) is 14.1. The Morgan fingerprint density at radius 1 is 1.44 bits per heavy atom. The van der Waals surface area contributed by atoms with Crippen LogP contribution in [0, 0.1) is 0 Å². The van der Waals surface area contributed by atoms with Crippen LogP contribution in [0.3, 0.4) is 0 Å². The largest absolute Gasteiger partial charge is 0.449 e. The van der Waals surface area contributed by atoms with Gasteiger partial charge in [0.25, 0.3) is 0 Å². The van der Waals surface area contributed by atoms with Gasteiger partial charge in [0.2, 0.25) is 0 Å². The standard InChI is InChI=1S/C13H15NO2/c15-12-7-9-4-5-10-8-13(9,16-12)11-3-1-2-6-14(10)11/h4-5,7,10-11H,1-3,6,8H2/t10-,11+,13+/m1/s1. The summed E-state index contributed by atoms with van der Waals surface area (Å²) in [7, 11) is 0. The molecule has 0 radical (unpaired) electrons. The van der Waals surface area contributed by atoms with Crippen molar-refractivity contribution in [3.8, 4) is 0 Å². The average molecular weight is 217 g/mol. The van der Waals surface area contributed by atoms with Crippen LogP contribution in [0.1, 0.15) is 25.7 Å². The van der Waals surface area contributed by atoms with E-state index in [0.717, 1.165) is 18.5 Å². The van der Waals surface area contributed by atoms with Gasteiger partial charge in [-0.1, -0.05) is 18.6 Å². The Labute approximate surface area is 94.8 Å². The molecule has 2 bridgehead atoms. The van der Waals surface area contributed by atoms with Gasteiger partial charge in [-0.25, -0.2) is 4.79 Å². The third-order valence-electron chi connectivity index (χ3n) is 4.56. The summed E-state index contributed by atoms with van der Waals surface area (Å²) in [6.45, 7) is 1.16. The molecule has 1 spiro atoms. The first-order valence-corrected chi connectivity index (χ1v) is 6.19. The van der Waals surface area contributed by atoms with E-state index in [-0.39, 0.29) is 11.6 Å². The Balaban J connectivity index is 1.84. The first kappa shape index (κ1) is 8.99. The molecule has 3 nitrogen and oxygen atoms in total. The predicted molar refractivity (Wildman–Crippen MR) is 58.8 cm³/mol. The van der Waals surface area contributed by atoms with E-state index < -0.39 is 0 Å². The van der Waals surface area contributed by atoms with Crippen LogP contribution in [0.15, 0.2) is 23.8 Å². The van der Waals surface area contributed by atoms with Crippen LogP contribution >= 0.6 is 0 Å². The lowest BCUT2D eigenvalue weighted by Gasteiger charge is -2.37.